The molecular weight excluding hydrogens is 392 g/mol. The number of hydrogen-bond acceptors (Lipinski definition) is 5. The molecule has 0 aromatic heterocycles. The van der Waals surface area contributed by atoms with Crippen LogP contribution in [0.2, 0.25) is 0 Å². The fraction of sp³-hybridized carbons (Fsp3) is 0.0870. The molecule has 8 heteroatoms. The van der Waals surface area contributed by atoms with Gasteiger partial charge in [-0.1, -0.05) is 0 Å². The van der Waals surface area contributed by atoms with E-state index in [0.717, 1.165) is 11.1 Å². The predicted molar refractivity (Wildman–Crippen MR) is 121 cm³/mol. The Labute approximate surface area is 180 Å². The number of amidine groups is 3. The third-order valence-electron chi connectivity index (χ3n) is 4.51. The number of rotatable bonds is 9. The normalized spacial score (nSPS) is 10.3. The van der Waals surface area contributed by atoms with Crippen LogP contribution in [-0.4, -0.2) is 17.5 Å². The molecule has 3 rings (SSSR count). The van der Waals surface area contributed by atoms with E-state index in [2.05, 4.69) is 0 Å². The summed E-state index contributed by atoms with van der Waals surface area (Å²) in [5.41, 5.74) is 20.1. The number of benzene rings is 3. The lowest BCUT2D eigenvalue weighted by Gasteiger charge is -2.12. The predicted octanol–water partition coefficient (Wildman–Crippen LogP) is 2.70. The maximum atomic E-state index is 7.78. The Morgan fingerprint density at radius 2 is 0.903 bits per heavy atom. The first-order valence-electron chi connectivity index (χ1n) is 9.43. The molecule has 3 aromatic carbocycles. The van der Waals surface area contributed by atoms with Crippen molar-refractivity contribution in [2.24, 2.45) is 17.2 Å². The van der Waals surface area contributed by atoms with Gasteiger partial charge in [0.25, 0.3) is 0 Å². The molecule has 0 amide bonds. The van der Waals surface area contributed by atoms with Gasteiger partial charge < -0.3 is 26.7 Å². The molecule has 0 spiro atoms. The van der Waals surface area contributed by atoms with Gasteiger partial charge in [-0.3, -0.25) is 16.2 Å². The van der Waals surface area contributed by atoms with Gasteiger partial charge >= 0.3 is 0 Å². The summed E-state index contributed by atoms with van der Waals surface area (Å²) < 4.78 is 11.6. The number of nitrogens with two attached hydrogens (primary N) is 3. The van der Waals surface area contributed by atoms with Crippen molar-refractivity contribution in [3.8, 4) is 11.5 Å². The summed E-state index contributed by atoms with van der Waals surface area (Å²) in [4.78, 5) is 0. The summed E-state index contributed by atoms with van der Waals surface area (Å²) in [6.07, 6.45) is 0. The molecule has 0 fully saturated rings. The standard InChI is InChI=1S/C23H24N6O2/c24-21(25)16-1-5-19(6-2-16)30-12-14-9-15(11-18(10-14)23(28)29)13-31-20-7-3-17(4-8-20)22(26)27/h1-11H,12-13H2,(H3,24,25)(H3,26,27)(H3,28,29). The molecule has 9 N–H and O–H groups in total. The molecule has 8 nitrogen and oxygen atoms in total. The van der Waals surface area contributed by atoms with Crippen molar-refractivity contribution in [3.05, 3.63) is 94.5 Å². The molecular formula is C23H24N6O2. The van der Waals surface area contributed by atoms with Crippen LogP contribution in [0.15, 0.2) is 66.7 Å². The average molecular weight is 416 g/mol. The van der Waals surface area contributed by atoms with Crippen LogP contribution in [0.25, 0.3) is 0 Å². The monoisotopic (exact) mass is 416 g/mol. The molecule has 3 aromatic rings. The molecule has 0 aliphatic rings. The molecule has 158 valence electrons. The van der Waals surface area contributed by atoms with Gasteiger partial charge in [0.05, 0.1) is 0 Å². The summed E-state index contributed by atoms with van der Waals surface area (Å²) in [6.45, 7) is 0.557. The van der Waals surface area contributed by atoms with Gasteiger partial charge in [0.15, 0.2) is 0 Å². The van der Waals surface area contributed by atoms with Crippen LogP contribution in [0.4, 0.5) is 0 Å². The zero-order chi connectivity index (χ0) is 22.4. The van der Waals surface area contributed by atoms with Gasteiger partial charge in [-0.25, -0.2) is 0 Å². The van der Waals surface area contributed by atoms with E-state index < -0.39 is 0 Å². The molecule has 0 aliphatic carbocycles. The highest BCUT2D eigenvalue weighted by atomic mass is 16.5. The lowest BCUT2D eigenvalue weighted by atomic mass is 10.1. The Bertz CT molecular complexity index is 1030. The minimum absolute atomic E-state index is 0.00119. The lowest BCUT2D eigenvalue weighted by Crippen LogP contribution is -2.13. The van der Waals surface area contributed by atoms with E-state index >= 15 is 0 Å². The Morgan fingerprint density at radius 3 is 1.23 bits per heavy atom. The number of nitrogens with one attached hydrogen (secondary N) is 3. The number of hydrogen-bond donors (Lipinski definition) is 6. The Morgan fingerprint density at radius 1 is 0.548 bits per heavy atom. The summed E-state index contributed by atoms with van der Waals surface area (Å²) in [5.74, 6) is 1.24. The fourth-order valence-electron chi connectivity index (χ4n) is 2.88. The third-order valence-corrected chi connectivity index (χ3v) is 4.51. The summed E-state index contributed by atoms with van der Waals surface area (Å²) in [5, 5.41) is 22.7. The van der Waals surface area contributed by atoms with Crippen molar-refractivity contribution in [2.75, 3.05) is 0 Å². The molecule has 0 bridgehead atoms. The van der Waals surface area contributed by atoms with Gasteiger partial charge in [-0.15, -0.1) is 0 Å². The van der Waals surface area contributed by atoms with Crippen molar-refractivity contribution >= 4 is 17.5 Å². The highest BCUT2D eigenvalue weighted by Crippen LogP contribution is 2.18. The van der Waals surface area contributed by atoms with Gasteiger partial charge in [-0.2, -0.15) is 0 Å². The molecule has 0 radical (unpaired) electrons. The van der Waals surface area contributed by atoms with E-state index in [9.17, 15) is 0 Å². The molecule has 0 unspecified atom stereocenters. The van der Waals surface area contributed by atoms with Crippen LogP contribution in [0.1, 0.15) is 27.8 Å². The van der Waals surface area contributed by atoms with E-state index in [1.807, 2.05) is 6.07 Å². The van der Waals surface area contributed by atoms with E-state index in [1.165, 1.54) is 0 Å². The summed E-state index contributed by atoms with van der Waals surface area (Å²) in [7, 11) is 0. The van der Waals surface area contributed by atoms with Crippen molar-refractivity contribution in [2.45, 2.75) is 13.2 Å². The first-order chi connectivity index (χ1) is 14.8. The molecule has 0 atom stereocenters. The minimum atomic E-state index is -0.0419. The minimum Gasteiger partial charge on any atom is -0.489 e. The van der Waals surface area contributed by atoms with Crippen molar-refractivity contribution < 1.29 is 9.47 Å². The highest BCUT2D eigenvalue weighted by Gasteiger charge is 2.07. The van der Waals surface area contributed by atoms with Gasteiger partial charge in [0.2, 0.25) is 0 Å². The number of ether oxygens (including phenoxy) is 2. The fourth-order valence-corrected chi connectivity index (χ4v) is 2.88. The molecule has 0 heterocycles. The third kappa shape index (κ3) is 5.83. The summed E-state index contributed by atoms with van der Waals surface area (Å²) in [6, 6.07) is 19.4. The molecule has 31 heavy (non-hydrogen) atoms. The van der Waals surface area contributed by atoms with E-state index in [-0.39, 0.29) is 30.7 Å². The van der Waals surface area contributed by atoms with Crippen LogP contribution in [0.3, 0.4) is 0 Å². The second kappa shape index (κ2) is 9.45. The van der Waals surface area contributed by atoms with E-state index in [1.54, 1.807) is 60.7 Å². The SMILES string of the molecule is N=C(N)c1ccc(OCc2cc(COc3ccc(C(=N)N)cc3)cc(C(=N)N)c2)cc1. The Balaban J connectivity index is 1.70. The molecule has 0 aliphatic heterocycles. The van der Waals surface area contributed by atoms with Gasteiger partial charge in [0, 0.05) is 16.7 Å². The maximum absolute atomic E-state index is 7.78. The zero-order valence-electron chi connectivity index (χ0n) is 16.8. The van der Waals surface area contributed by atoms with Crippen LogP contribution in [-0.2, 0) is 13.2 Å². The smallest absolute Gasteiger partial charge is 0.122 e. The van der Waals surface area contributed by atoms with Crippen LogP contribution in [0, 0.1) is 16.2 Å². The largest absolute Gasteiger partial charge is 0.489 e. The van der Waals surface area contributed by atoms with E-state index in [4.69, 9.17) is 42.9 Å². The Hall–Kier alpha value is -4.33. The highest BCUT2D eigenvalue weighted by molar-refractivity contribution is 5.96. The maximum Gasteiger partial charge on any atom is 0.122 e. The van der Waals surface area contributed by atoms with Crippen LogP contribution in [0.5, 0.6) is 11.5 Å². The first kappa shape index (κ1) is 21.4. The molecule has 0 saturated carbocycles. The van der Waals surface area contributed by atoms with E-state index in [0.29, 0.717) is 28.2 Å². The summed E-state index contributed by atoms with van der Waals surface area (Å²) >= 11 is 0. The van der Waals surface area contributed by atoms with Crippen LogP contribution >= 0.6 is 0 Å². The van der Waals surface area contributed by atoms with Gasteiger partial charge in [-0.05, 0) is 77.9 Å². The average Bonchev–Trinajstić information content (AvgIpc) is 2.76. The second-order valence-electron chi connectivity index (χ2n) is 6.91. The topological polar surface area (TPSA) is 168 Å². The molecule has 0 saturated heterocycles. The van der Waals surface area contributed by atoms with Crippen molar-refractivity contribution in [1.82, 2.24) is 0 Å². The van der Waals surface area contributed by atoms with Crippen molar-refractivity contribution in [3.63, 3.8) is 0 Å². The van der Waals surface area contributed by atoms with Crippen LogP contribution < -0.4 is 26.7 Å². The Kier molecular flexibility index (Phi) is 6.51. The lowest BCUT2D eigenvalue weighted by molar-refractivity contribution is 0.300. The first-order valence-corrected chi connectivity index (χ1v) is 9.43. The quantitative estimate of drug-likeness (QED) is 0.232. The van der Waals surface area contributed by atoms with Crippen molar-refractivity contribution in [1.29, 1.82) is 16.2 Å². The second-order valence-corrected chi connectivity index (χ2v) is 6.91. The van der Waals surface area contributed by atoms with Gasteiger partial charge in [0.1, 0.15) is 42.2 Å². The zero-order valence-corrected chi connectivity index (χ0v) is 16.8. The number of nitrogen functional groups attached to an aromatic ring is 3.